The van der Waals surface area contributed by atoms with Crippen LogP contribution < -0.4 is 10.6 Å². The van der Waals surface area contributed by atoms with E-state index in [1.807, 2.05) is 37.3 Å². The summed E-state index contributed by atoms with van der Waals surface area (Å²) in [5.74, 6) is -0.741. The van der Waals surface area contributed by atoms with Crippen LogP contribution >= 0.6 is 15.9 Å². The average molecular weight is 365 g/mol. The summed E-state index contributed by atoms with van der Waals surface area (Å²) in [7, 11) is 0. The normalized spacial score (nSPS) is 13.5. The molecule has 0 aliphatic carbocycles. The molecule has 2 aromatic rings. The van der Waals surface area contributed by atoms with Gasteiger partial charge in [-0.05, 0) is 37.6 Å². The molecule has 0 aliphatic rings. The predicted molar refractivity (Wildman–Crippen MR) is 90.2 cm³/mol. The van der Waals surface area contributed by atoms with Crippen molar-refractivity contribution >= 4 is 27.5 Å². The van der Waals surface area contributed by atoms with Crippen LogP contribution in [0.1, 0.15) is 25.5 Å². The van der Waals surface area contributed by atoms with Gasteiger partial charge < -0.3 is 5.32 Å². The average Bonchev–Trinajstić information content (AvgIpc) is 2.50. The summed E-state index contributed by atoms with van der Waals surface area (Å²) in [5, 5.41) is 5.80. The van der Waals surface area contributed by atoms with E-state index in [0.717, 1.165) is 5.56 Å². The Balaban J connectivity index is 1.97. The number of hydrogen-bond donors (Lipinski definition) is 2. The summed E-state index contributed by atoms with van der Waals surface area (Å²) in [6.07, 6.45) is 0. The standard InChI is InChI=1S/C17H18BrFN2O/c1-11(13-6-4-3-5-7-13)20-12(2)17(22)21-16-9-8-14(18)10-15(16)19/h3-12,20H,1-2H3,(H,21,22)/t11-,12+/m1/s1. The highest BCUT2D eigenvalue weighted by Crippen LogP contribution is 2.19. The maximum absolute atomic E-state index is 13.7. The van der Waals surface area contributed by atoms with Crippen molar-refractivity contribution in [2.45, 2.75) is 25.9 Å². The van der Waals surface area contributed by atoms with Gasteiger partial charge in [0, 0.05) is 10.5 Å². The fourth-order valence-corrected chi connectivity index (χ4v) is 2.45. The fourth-order valence-electron chi connectivity index (χ4n) is 2.12. The lowest BCUT2D eigenvalue weighted by Crippen LogP contribution is -2.39. The van der Waals surface area contributed by atoms with Crippen molar-refractivity contribution in [3.05, 3.63) is 64.4 Å². The Morgan fingerprint density at radius 2 is 1.82 bits per heavy atom. The monoisotopic (exact) mass is 364 g/mol. The number of rotatable bonds is 5. The Bertz CT molecular complexity index is 648. The van der Waals surface area contributed by atoms with Gasteiger partial charge in [-0.1, -0.05) is 46.3 Å². The van der Waals surface area contributed by atoms with E-state index < -0.39 is 11.9 Å². The topological polar surface area (TPSA) is 41.1 Å². The smallest absolute Gasteiger partial charge is 0.241 e. The highest BCUT2D eigenvalue weighted by atomic mass is 79.9. The van der Waals surface area contributed by atoms with Gasteiger partial charge in [-0.15, -0.1) is 0 Å². The SMILES string of the molecule is C[C@H](N[C@H](C)c1ccccc1)C(=O)Nc1ccc(Br)cc1F. The third-order valence-electron chi connectivity index (χ3n) is 3.38. The summed E-state index contributed by atoms with van der Waals surface area (Å²) >= 11 is 3.18. The number of anilines is 1. The van der Waals surface area contributed by atoms with Crippen molar-refractivity contribution in [3.8, 4) is 0 Å². The van der Waals surface area contributed by atoms with Crippen LogP contribution in [0.25, 0.3) is 0 Å². The highest BCUT2D eigenvalue weighted by molar-refractivity contribution is 9.10. The lowest BCUT2D eigenvalue weighted by molar-refractivity contribution is -0.118. The zero-order valence-corrected chi connectivity index (χ0v) is 14.0. The molecule has 2 aromatic carbocycles. The minimum atomic E-state index is -0.467. The van der Waals surface area contributed by atoms with Crippen LogP contribution in [0.4, 0.5) is 10.1 Å². The fraction of sp³-hybridized carbons (Fsp3) is 0.235. The molecule has 0 saturated heterocycles. The van der Waals surface area contributed by atoms with E-state index in [-0.39, 0.29) is 17.6 Å². The quantitative estimate of drug-likeness (QED) is 0.831. The minimum Gasteiger partial charge on any atom is -0.322 e. The Hall–Kier alpha value is -1.72. The van der Waals surface area contributed by atoms with Gasteiger partial charge >= 0.3 is 0 Å². The van der Waals surface area contributed by atoms with Crippen molar-refractivity contribution < 1.29 is 9.18 Å². The Morgan fingerprint density at radius 1 is 1.14 bits per heavy atom. The summed E-state index contributed by atoms with van der Waals surface area (Å²) < 4.78 is 14.4. The molecule has 116 valence electrons. The summed E-state index contributed by atoms with van der Waals surface area (Å²) in [4.78, 5) is 12.2. The highest BCUT2D eigenvalue weighted by Gasteiger charge is 2.17. The third-order valence-corrected chi connectivity index (χ3v) is 3.88. The zero-order chi connectivity index (χ0) is 16.1. The van der Waals surface area contributed by atoms with E-state index in [1.54, 1.807) is 13.0 Å². The first-order valence-electron chi connectivity index (χ1n) is 7.04. The molecule has 2 rings (SSSR count). The molecule has 2 atom stereocenters. The molecule has 22 heavy (non-hydrogen) atoms. The van der Waals surface area contributed by atoms with Crippen LogP contribution in [0.5, 0.6) is 0 Å². The molecule has 0 fully saturated rings. The van der Waals surface area contributed by atoms with Crippen molar-refractivity contribution in [2.75, 3.05) is 5.32 Å². The lowest BCUT2D eigenvalue weighted by atomic mass is 10.1. The van der Waals surface area contributed by atoms with Crippen LogP contribution in [0.15, 0.2) is 53.0 Å². The second kappa shape index (κ2) is 7.51. The Kier molecular flexibility index (Phi) is 5.69. The van der Waals surface area contributed by atoms with Gasteiger partial charge in [0.25, 0.3) is 0 Å². The Morgan fingerprint density at radius 3 is 2.45 bits per heavy atom. The van der Waals surface area contributed by atoms with Gasteiger partial charge in [0.2, 0.25) is 5.91 Å². The second-order valence-corrected chi connectivity index (χ2v) is 6.05. The number of benzene rings is 2. The minimum absolute atomic E-state index is 0.0247. The van der Waals surface area contributed by atoms with E-state index >= 15 is 0 Å². The van der Waals surface area contributed by atoms with Crippen molar-refractivity contribution in [2.24, 2.45) is 0 Å². The number of carbonyl (C=O) groups is 1. The van der Waals surface area contributed by atoms with Gasteiger partial charge in [-0.3, -0.25) is 10.1 Å². The molecule has 1 amide bonds. The molecule has 2 N–H and O–H groups in total. The number of nitrogens with one attached hydrogen (secondary N) is 2. The molecular formula is C17H18BrFN2O. The van der Waals surface area contributed by atoms with Crippen molar-refractivity contribution in [3.63, 3.8) is 0 Å². The van der Waals surface area contributed by atoms with Gasteiger partial charge in [0.05, 0.1) is 11.7 Å². The van der Waals surface area contributed by atoms with Crippen molar-refractivity contribution in [1.82, 2.24) is 5.32 Å². The van der Waals surface area contributed by atoms with Gasteiger partial charge in [0.1, 0.15) is 5.82 Å². The predicted octanol–water partition coefficient (Wildman–Crippen LogP) is 4.27. The summed E-state index contributed by atoms with van der Waals surface area (Å²) in [6.45, 7) is 3.74. The molecule has 0 aliphatic heterocycles. The number of hydrogen-bond acceptors (Lipinski definition) is 2. The largest absolute Gasteiger partial charge is 0.322 e. The molecular weight excluding hydrogens is 347 g/mol. The van der Waals surface area contributed by atoms with Crippen LogP contribution in [-0.2, 0) is 4.79 Å². The molecule has 0 saturated carbocycles. The summed E-state index contributed by atoms with van der Waals surface area (Å²) in [5.41, 5.74) is 1.27. The molecule has 0 radical (unpaired) electrons. The van der Waals surface area contributed by atoms with E-state index in [0.29, 0.717) is 4.47 Å². The molecule has 0 aromatic heterocycles. The van der Waals surface area contributed by atoms with E-state index in [1.165, 1.54) is 12.1 Å². The zero-order valence-electron chi connectivity index (χ0n) is 12.4. The van der Waals surface area contributed by atoms with Crippen LogP contribution in [0, 0.1) is 5.82 Å². The van der Waals surface area contributed by atoms with Gasteiger partial charge in [-0.2, -0.15) is 0 Å². The molecule has 3 nitrogen and oxygen atoms in total. The first kappa shape index (κ1) is 16.6. The maximum atomic E-state index is 13.7. The molecule has 0 spiro atoms. The van der Waals surface area contributed by atoms with Crippen LogP contribution in [0.3, 0.4) is 0 Å². The van der Waals surface area contributed by atoms with E-state index in [9.17, 15) is 9.18 Å². The second-order valence-electron chi connectivity index (χ2n) is 5.13. The Labute approximate surface area is 138 Å². The molecule has 0 bridgehead atoms. The first-order valence-corrected chi connectivity index (χ1v) is 7.83. The maximum Gasteiger partial charge on any atom is 0.241 e. The number of carbonyl (C=O) groups excluding carboxylic acids is 1. The summed E-state index contributed by atoms with van der Waals surface area (Å²) in [6, 6.07) is 14.0. The van der Waals surface area contributed by atoms with Crippen molar-refractivity contribution in [1.29, 1.82) is 0 Å². The number of halogens is 2. The number of amides is 1. The first-order chi connectivity index (χ1) is 10.5. The molecule has 5 heteroatoms. The van der Waals surface area contributed by atoms with E-state index in [2.05, 4.69) is 26.6 Å². The molecule has 0 heterocycles. The lowest BCUT2D eigenvalue weighted by Gasteiger charge is -2.20. The van der Waals surface area contributed by atoms with E-state index in [4.69, 9.17) is 0 Å². The van der Waals surface area contributed by atoms with Gasteiger partial charge in [0.15, 0.2) is 0 Å². The van der Waals surface area contributed by atoms with Crippen LogP contribution in [0.2, 0.25) is 0 Å². The van der Waals surface area contributed by atoms with Crippen LogP contribution in [-0.4, -0.2) is 11.9 Å². The third kappa shape index (κ3) is 4.39. The molecule has 0 unspecified atom stereocenters. The van der Waals surface area contributed by atoms with Gasteiger partial charge in [-0.25, -0.2) is 4.39 Å².